The van der Waals surface area contributed by atoms with E-state index in [1.54, 1.807) is 16.7 Å². The average molecular weight is 361 g/mol. The third-order valence-electron chi connectivity index (χ3n) is 3.62. The number of nitrogens with one attached hydrogen (secondary N) is 1. The van der Waals surface area contributed by atoms with Gasteiger partial charge in [0.1, 0.15) is 18.3 Å². The number of aryl methyl sites for hydroxylation is 1. The Morgan fingerprint density at radius 2 is 1.88 bits per heavy atom. The highest BCUT2D eigenvalue weighted by molar-refractivity contribution is 5.97. The Balaban J connectivity index is 1.80. The molecule has 9 heteroatoms. The van der Waals surface area contributed by atoms with E-state index in [9.17, 15) is 18.0 Å². The van der Waals surface area contributed by atoms with Crippen molar-refractivity contribution < 1.29 is 18.0 Å². The van der Waals surface area contributed by atoms with Crippen LogP contribution in [0.5, 0.6) is 0 Å². The van der Waals surface area contributed by atoms with Gasteiger partial charge in [-0.2, -0.15) is 13.2 Å². The van der Waals surface area contributed by atoms with Gasteiger partial charge in [0.15, 0.2) is 0 Å². The predicted octanol–water partition coefficient (Wildman–Crippen LogP) is 2.92. The van der Waals surface area contributed by atoms with Crippen LogP contribution < -0.4 is 5.32 Å². The maximum absolute atomic E-state index is 12.7. The van der Waals surface area contributed by atoms with Gasteiger partial charge in [0, 0.05) is 0 Å². The maximum atomic E-state index is 12.7. The van der Waals surface area contributed by atoms with Crippen molar-refractivity contribution in [2.45, 2.75) is 19.6 Å². The molecule has 0 atom stereocenters. The number of pyridine rings is 1. The Morgan fingerprint density at radius 1 is 1.15 bits per heavy atom. The van der Waals surface area contributed by atoms with Gasteiger partial charge in [0.25, 0.3) is 5.91 Å². The summed E-state index contributed by atoms with van der Waals surface area (Å²) in [5.41, 5.74) is 0.910. The topological polar surface area (TPSA) is 72.7 Å². The van der Waals surface area contributed by atoms with E-state index in [4.69, 9.17) is 0 Å². The average Bonchev–Trinajstić information content (AvgIpc) is 3.13. The quantitative estimate of drug-likeness (QED) is 0.776. The highest BCUT2D eigenvalue weighted by atomic mass is 19.4. The van der Waals surface area contributed by atoms with Crippen LogP contribution in [-0.4, -0.2) is 25.7 Å². The third kappa shape index (κ3) is 3.88. The zero-order chi connectivity index (χ0) is 18.7. The molecule has 6 nitrogen and oxygen atoms in total. The number of halogens is 3. The molecule has 0 spiro atoms. The molecule has 1 aromatic carbocycles. The van der Waals surface area contributed by atoms with Crippen molar-refractivity contribution in [2.24, 2.45) is 0 Å². The molecule has 0 aliphatic heterocycles. The van der Waals surface area contributed by atoms with E-state index in [2.05, 4.69) is 20.5 Å². The minimum atomic E-state index is -4.53. The molecule has 0 unspecified atom stereocenters. The second-order valence-electron chi connectivity index (χ2n) is 5.58. The molecule has 0 saturated heterocycles. The number of hydrogen-bond donors (Lipinski definition) is 1. The molecule has 2 heterocycles. The minimum Gasteiger partial charge on any atom is -0.346 e. The molecule has 1 amide bonds. The number of benzene rings is 1. The molecule has 3 aromatic rings. The second-order valence-corrected chi connectivity index (χ2v) is 5.58. The van der Waals surface area contributed by atoms with Gasteiger partial charge in [-0.1, -0.05) is 17.7 Å². The number of amides is 1. The summed E-state index contributed by atoms with van der Waals surface area (Å²) in [5, 5.41) is 10.0. The summed E-state index contributed by atoms with van der Waals surface area (Å²) in [7, 11) is 0. The molecule has 0 aliphatic rings. The molecule has 0 fully saturated rings. The standard InChI is InChI=1S/C17H14F3N5O/c1-11-5-6-14(25-9-22-23-10-25)13(7-11)16(26)21-8-12-3-2-4-15(24-12)17(18,19)20/h2-7,9-10H,8H2,1H3,(H,21,26). The summed E-state index contributed by atoms with van der Waals surface area (Å²) < 4.78 is 39.7. The monoisotopic (exact) mass is 361 g/mol. The third-order valence-corrected chi connectivity index (χ3v) is 3.62. The summed E-state index contributed by atoms with van der Waals surface area (Å²) in [5.74, 6) is -0.434. The number of nitrogens with zero attached hydrogens (tertiary/aromatic N) is 4. The Labute approximate surface area is 146 Å². The van der Waals surface area contributed by atoms with Crippen LogP contribution in [0.3, 0.4) is 0 Å². The van der Waals surface area contributed by atoms with E-state index in [-0.39, 0.29) is 12.2 Å². The summed E-state index contributed by atoms with van der Waals surface area (Å²) in [6.07, 6.45) is -1.62. The molecule has 134 valence electrons. The van der Waals surface area contributed by atoms with E-state index < -0.39 is 17.8 Å². The highest BCUT2D eigenvalue weighted by Crippen LogP contribution is 2.27. The number of carbonyl (C=O) groups excluding carboxylic acids is 1. The van der Waals surface area contributed by atoms with Gasteiger partial charge in [0.2, 0.25) is 0 Å². The number of alkyl halides is 3. The minimum absolute atomic E-state index is 0.117. The van der Waals surface area contributed by atoms with Gasteiger partial charge >= 0.3 is 6.18 Å². The molecule has 0 bridgehead atoms. The Hall–Kier alpha value is -3.23. The van der Waals surface area contributed by atoms with Crippen LogP contribution >= 0.6 is 0 Å². The van der Waals surface area contributed by atoms with Gasteiger partial charge in [-0.25, -0.2) is 4.98 Å². The van der Waals surface area contributed by atoms with Gasteiger partial charge in [-0.05, 0) is 31.2 Å². The molecule has 3 rings (SSSR count). The van der Waals surface area contributed by atoms with Crippen LogP contribution in [-0.2, 0) is 12.7 Å². The van der Waals surface area contributed by atoms with Gasteiger partial charge in [-0.3, -0.25) is 9.36 Å². The fraction of sp³-hybridized carbons (Fsp3) is 0.176. The Kier molecular flexibility index (Phi) is 4.70. The van der Waals surface area contributed by atoms with E-state index >= 15 is 0 Å². The zero-order valence-corrected chi connectivity index (χ0v) is 13.7. The van der Waals surface area contributed by atoms with Gasteiger partial charge in [0.05, 0.1) is 23.5 Å². The summed E-state index contributed by atoms with van der Waals surface area (Å²) in [6.45, 7) is 1.71. The summed E-state index contributed by atoms with van der Waals surface area (Å²) in [6, 6.07) is 8.83. The molecule has 0 aliphatic carbocycles. The first-order valence-electron chi connectivity index (χ1n) is 7.61. The lowest BCUT2D eigenvalue weighted by atomic mass is 10.1. The molecule has 1 N–H and O–H groups in total. The summed E-state index contributed by atoms with van der Waals surface area (Å²) >= 11 is 0. The fourth-order valence-corrected chi connectivity index (χ4v) is 2.38. The maximum Gasteiger partial charge on any atom is 0.433 e. The Bertz CT molecular complexity index is 922. The van der Waals surface area contributed by atoms with Crippen LogP contribution in [0.2, 0.25) is 0 Å². The molecule has 2 aromatic heterocycles. The zero-order valence-electron chi connectivity index (χ0n) is 13.7. The summed E-state index contributed by atoms with van der Waals surface area (Å²) in [4.78, 5) is 16.1. The van der Waals surface area contributed by atoms with Crippen LogP contribution in [0, 0.1) is 6.92 Å². The van der Waals surface area contributed by atoms with Crippen LogP contribution in [0.25, 0.3) is 5.69 Å². The van der Waals surface area contributed by atoms with E-state index in [0.717, 1.165) is 11.6 Å². The first-order valence-corrected chi connectivity index (χ1v) is 7.61. The van der Waals surface area contributed by atoms with Crippen molar-refractivity contribution in [1.82, 2.24) is 25.1 Å². The fourth-order valence-electron chi connectivity index (χ4n) is 2.38. The SMILES string of the molecule is Cc1ccc(-n2cnnc2)c(C(=O)NCc2cccc(C(F)(F)F)n2)c1. The smallest absolute Gasteiger partial charge is 0.346 e. The molecule has 0 saturated carbocycles. The first-order chi connectivity index (χ1) is 12.3. The number of aromatic nitrogens is 4. The number of hydrogen-bond acceptors (Lipinski definition) is 4. The lowest BCUT2D eigenvalue weighted by Gasteiger charge is -2.12. The van der Waals surface area contributed by atoms with E-state index in [1.165, 1.54) is 24.8 Å². The van der Waals surface area contributed by atoms with Crippen molar-refractivity contribution in [2.75, 3.05) is 0 Å². The van der Waals surface area contributed by atoms with Crippen molar-refractivity contribution in [1.29, 1.82) is 0 Å². The van der Waals surface area contributed by atoms with Crippen LogP contribution in [0.1, 0.15) is 27.3 Å². The van der Waals surface area contributed by atoms with E-state index in [1.807, 2.05) is 13.0 Å². The van der Waals surface area contributed by atoms with E-state index in [0.29, 0.717) is 11.3 Å². The Morgan fingerprint density at radius 3 is 2.58 bits per heavy atom. The second kappa shape index (κ2) is 6.95. The van der Waals surface area contributed by atoms with Crippen molar-refractivity contribution in [3.05, 3.63) is 71.6 Å². The molecule has 26 heavy (non-hydrogen) atoms. The number of carbonyl (C=O) groups is 1. The van der Waals surface area contributed by atoms with Gasteiger partial charge in [-0.15, -0.1) is 10.2 Å². The first kappa shape index (κ1) is 17.6. The van der Waals surface area contributed by atoms with Crippen molar-refractivity contribution in [3.63, 3.8) is 0 Å². The van der Waals surface area contributed by atoms with Crippen molar-refractivity contribution >= 4 is 5.91 Å². The largest absolute Gasteiger partial charge is 0.433 e. The highest BCUT2D eigenvalue weighted by Gasteiger charge is 2.32. The van der Waals surface area contributed by atoms with Gasteiger partial charge < -0.3 is 5.32 Å². The normalized spacial score (nSPS) is 11.4. The molecule has 0 radical (unpaired) electrons. The molecular weight excluding hydrogens is 347 g/mol. The number of rotatable bonds is 4. The predicted molar refractivity (Wildman–Crippen MR) is 86.5 cm³/mol. The molecular formula is C17H14F3N5O. The lowest BCUT2D eigenvalue weighted by molar-refractivity contribution is -0.141. The van der Waals surface area contributed by atoms with Crippen LogP contribution in [0.15, 0.2) is 49.1 Å². The lowest BCUT2D eigenvalue weighted by Crippen LogP contribution is -2.25. The van der Waals surface area contributed by atoms with Crippen molar-refractivity contribution in [3.8, 4) is 5.69 Å². The van der Waals surface area contributed by atoms with Crippen LogP contribution in [0.4, 0.5) is 13.2 Å².